The molecule has 0 heterocycles. The average molecular weight is 101 g/mol. The lowest BCUT2D eigenvalue weighted by molar-refractivity contribution is 1.68. The minimum atomic E-state index is 0.650. The van der Waals surface area contributed by atoms with Crippen LogP contribution in [0.25, 0.3) is 0 Å². The quantitative estimate of drug-likeness (QED) is 0.407. The van der Waals surface area contributed by atoms with Crippen molar-refractivity contribution in [3.63, 3.8) is 0 Å². The van der Waals surface area contributed by atoms with Crippen LogP contribution in [0.15, 0.2) is 11.1 Å². The number of terminal acetylenes is 1. The van der Waals surface area contributed by atoms with Gasteiger partial charge in [-0.1, -0.05) is 17.5 Å². The van der Waals surface area contributed by atoms with E-state index in [-0.39, 0.29) is 0 Å². The van der Waals surface area contributed by atoms with E-state index >= 15 is 0 Å². The van der Waals surface area contributed by atoms with Gasteiger partial charge in [0.05, 0.1) is 0 Å². The molecule has 0 aliphatic heterocycles. The second-order valence-corrected chi connectivity index (χ2v) is 1.49. The van der Waals surface area contributed by atoms with Gasteiger partial charge in [-0.05, 0) is 6.92 Å². The lowest BCUT2D eigenvalue weighted by Gasteiger charge is -1.70. The van der Waals surface area contributed by atoms with Crippen LogP contribution >= 0.6 is 11.6 Å². The van der Waals surface area contributed by atoms with Crippen molar-refractivity contribution in [1.29, 1.82) is 0 Å². The summed E-state index contributed by atoms with van der Waals surface area (Å²) in [5.41, 5.74) is 0. The topological polar surface area (TPSA) is 0 Å². The highest BCUT2D eigenvalue weighted by Crippen LogP contribution is 1.93. The van der Waals surface area contributed by atoms with Crippen molar-refractivity contribution in [2.75, 3.05) is 0 Å². The molecule has 0 saturated carbocycles. The molecule has 6 heavy (non-hydrogen) atoms. The van der Waals surface area contributed by atoms with Gasteiger partial charge in [-0.3, -0.25) is 0 Å². The lowest BCUT2D eigenvalue weighted by atomic mass is 10.5. The largest absolute Gasteiger partial charge is 0.115 e. The first kappa shape index (κ1) is 5.59. The molecule has 0 saturated heterocycles. The molecule has 0 fully saturated rings. The van der Waals surface area contributed by atoms with Crippen molar-refractivity contribution in [1.82, 2.24) is 0 Å². The number of hydrogen-bond donors (Lipinski definition) is 0. The summed E-state index contributed by atoms with van der Waals surface area (Å²) in [6.07, 6.45) is 6.32. The third-order valence-corrected chi connectivity index (χ3v) is 0.391. The molecule has 32 valence electrons. The number of allylic oxidation sites excluding steroid dienone is 2. The van der Waals surface area contributed by atoms with E-state index < -0.39 is 0 Å². The summed E-state index contributed by atoms with van der Waals surface area (Å²) in [4.78, 5) is 0. The molecule has 0 unspecified atom stereocenters. The fraction of sp³-hybridized carbons (Fsp3) is 0.200. The fourth-order valence-corrected chi connectivity index (χ4v) is 0.178. The highest BCUT2D eigenvalue weighted by atomic mass is 35.5. The molecule has 0 aromatic carbocycles. The Bertz CT molecular complexity index is 91.0. The van der Waals surface area contributed by atoms with Gasteiger partial charge in [-0.15, -0.1) is 6.42 Å². The molecule has 0 aliphatic carbocycles. The van der Waals surface area contributed by atoms with Gasteiger partial charge in [0.15, 0.2) is 0 Å². The van der Waals surface area contributed by atoms with Gasteiger partial charge in [-0.2, -0.15) is 0 Å². The summed E-state index contributed by atoms with van der Waals surface area (Å²) in [5, 5.41) is 0.650. The Morgan fingerprint density at radius 3 is 2.50 bits per heavy atom. The predicted octanol–water partition coefficient (Wildman–Crippen LogP) is 1.76. The van der Waals surface area contributed by atoms with Crippen molar-refractivity contribution in [2.45, 2.75) is 6.92 Å². The zero-order valence-electron chi connectivity index (χ0n) is 3.53. The molecule has 0 amide bonds. The van der Waals surface area contributed by atoms with Gasteiger partial charge >= 0.3 is 0 Å². The van der Waals surface area contributed by atoms with Crippen LogP contribution in [0.5, 0.6) is 0 Å². The Morgan fingerprint density at radius 2 is 2.50 bits per heavy atom. The number of hydrogen-bond acceptors (Lipinski definition) is 0. The van der Waals surface area contributed by atoms with Gasteiger partial charge in [0, 0.05) is 11.1 Å². The molecule has 0 atom stereocenters. The van der Waals surface area contributed by atoms with Crippen LogP contribution in [0.1, 0.15) is 6.92 Å². The maximum absolute atomic E-state index is 5.30. The molecule has 0 aromatic rings. The second kappa shape index (κ2) is 2.81. The highest BCUT2D eigenvalue weighted by molar-refractivity contribution is 6.29. The molecule has 0 aliphatic rings. The predicted molar refractivity (Wildman–Crippen MR) is 28.4 cm³/mol. The van der Waals surface area contributed by atoms with Gasteiger partial charge < -0.3 is 0 Å². The van der Waals surface area contributed by atoms with Crippen molar-refractivity contribution in [3.8, 4) is 12.3 Å². The smallest absolute Gasteiger partial charge is 0.0233 e. The van der Waals surface area contributed by atoms with E-state index in [9.17, 15) is 0 Å². The number of rotatable bonds is 0. The second-order valence-electron chi connectivity index (χ2n) is 0.898. The number of halogens is 1. The lowest BCUT2D eigenvalue weighted by Crippen LogP contribution is -1.49. The third kappa shape index (κ3) is 3.59. The monoisotopic (exact) mass is 100 g/mol. The van der Waals surface area contributed by atoms with E-state index in [1.165, 1.54) is 6.08 Å². The van der Waals surface area contributed by atoms with Gasteiger partial charge in [0.2, 0.25) is 0 Å². The Morgan fingerprint density at radius 1 is 2.00 bits per heavy atom. The Balaban J connectivity index is 3.51. The fourth-order valence-electron chi connectivity index (χ4n) is 0.115. The zero-order chi connectivity index (χ0) is 4.99. The molecule has 0 nitrogen and oxygen atoms in total. The Kier molecular flexibility index (Phi) is 2.62. The minimum Gasteiger partial charge on any atom is -0.115 e. The molecule has 0 bridgehead atoms. The SMILES string of the molecule is C#C/C=C(\C)Cl. The summed E-state index contributed by atoms with van der Waals surface area (Å²) < 4.78 is 0. The van der Waals surface area contributed by atoms with Crippen molar-refractivity contribution in [2.24, 2.45) is 0 Å². The van der Waals surface area contributed by atoms with Crippen LogP contribution in [0.3, 0.4) is 0 Å². The van der Waals surface area contributed by atoms with E-state index in [0.717, 1.165) is 0 Å². The first-order valence-corrected chi connectivity index (χ1v) is 1.93. The van der Waals surface area contributed by atoms with E-state index in [2.05, 4.69) is 5.92 Å². The third-order valence-electron chi connectivity index (χ3n) is 0.282. The summed E-state index contributed by atoms with van der Waals surface area (Å²) in [6, 6.07) is 0. The maximum atomic E-state index is 5.30. The molecule has 0 rings (SSSR count). The van der Waals surface area contributed by atoms with Gasteiger partial charge in [0.1, 0.15) is 0 Å². The van der Waals surface area contributed by atoms with Crippen LogP contribution < -0.4 is 0 Å². The summed E-state index contributed by atoms with van der Waals surface area (Å²) in [5.74, 6) is 2.27. The van der Waals surface area contributed by atoms with Crippen LogP contribution in [-0.4, -0.2) is 0 Å². The van der Waals surface area contributed by atoms with Gasteiger partial charge in [0.25, 0.3) is 0 Å². The zero-order valence-corrected chi connectivity index (χ0v) is 4.29. The molecule has 1 heteroatoms. The van der Waals surface area contributed by atoms with Crippen molar-refractivity contribution >= 4 is 11.6 Å². The summed E-state index contributed by atoms with van der Waals surface area (Å²) in [7, 11) is 0. The average Bonchev–Trinajstić information content (AvgIpc) is 1.35. The van der Waals surface area contributed by atoms with E-state index in [1.807, 2.05) is 0 Å². The molecule has 0 aromatic heterocycles. The summed E-state index contributed by atoms with van der Waals surface area (Å²) in [6.45, 7) is 1.74. The van der Waals surface area contributed by atoms with E-state index in [4.69, 9.17) is 18.0 Å². The minimum absolute atomic E-state index is 0.650. The van der Waals surface area contributed by atoms with Crippen LogP contribution in [0, 0.1) is 12.3 Å². The van der Waals surface area contributed by atoms with Crippen molar-refractivity contribution < 1.29 is 0 Å². The Hall–Kier alpha value is -0.410. The molecule has 0 N–H and O–H groups in total. The molecular formula is C5H5Cl. The summed E-state index contributed by atoms with van der Waals surface area (Å²) >= 11 is 5.30. The molecular weight excluding hydrogens is 95.5 g/mol. The molecule has 0 spiro atoms. The first-order chi connectivity index (χ1) is 2.77. The van der Waals surface area contributed by atoms with Crippen LogP contribution in [0.2, 0.25) is 0 Å². The van der Waals surface area contributed by atoms with Gasteiger partial charge in [-0.25, -0.2) is 0 Å². The maximum Gasteiger partial charge on any atom is 0.0233 e. The van der Waals surface area contributed by atoms with Crippen LogP contribution in [0.4, 0.5) is 0 Å². The van der Waals surface area contributed by atoms with E-state index in [1.54, 1.807) is 6.92 Å². The van der Waals surface area contributed by atoms with Crippen molar-refractivity contribution in [3.05, 3.63) is 11.1 Å². The van der Waals surface area contributed by atoms with E-state index in [0.29, 0.717) is 5.03 Å². The highest BCUT2D eigenvalue weighted by Gasteiger charge is 1.67. The van der Waals surface area contributed by atoms with Crippen LogP contribution in [-0.2, 0) is 0 Å². The Labute approximate surface area is 42.8 Å². The molecule has 0 radical (unpaired) electrons. The first-order valence-electron chi connectivity index (χ1n) is 1.56. The standard InChI is InChI=1S/C5H5Cl/c1-3-4-5(2)6/h1,4H,2H3/b5-4+. The normalized spacial score (nSPS) is 10.5.